The summed E-state index contributed by atoms with van der Waals surface area (Å²) in [5.41, 5.74) is 3.54. The number of hydrogen-bond acceptors (Lipinski definition) is 5. The quantitative estimate of drug-likeness (QED) is 0.600. The van der Waals surface area contributed by atoms with Gasteiger partial charge >= 0.3 is 5.97 Å². The van der Waals surface area contributed by atoms with Crippen LogP contribution in [-0.2, 0) is 11.2 Å². The molecule has 0 saturated heterocycles. The molecule has 0 radical (unpaired) electrons. The zero-order chi connectivity index (χ0) is 17.4. The number of nitrogens with zero attached hydrogens (tertiary/aromatic N) is 2. The second kappa shape index (κ2) is 6.26. The molecule has 1 aliphatic rings. The van der Waals surface area contributed by atoms with E-state index in [0.29, 0.717) is 35.0 Å². The van der Waals surface area contributed by atoms with Gasteiger partial charge in [-0.2, -0.15) is 0 Å². The highest BCUT2D eigenvalue weighted by Crippen LogP contribution is 2.38. The fourth-order valence-electron chi connectivity index (χ4n) is 3.16. The Balaban J connectivity index is 1.71. The lowest BCUT2D eigenvalue weighted by atomic mass is 10.1. The third-order valence-electron chi connectivity index (χ3n) is 4.50. The lowest BCUT2D eigenvalue weighted by Gasteiger charge is -2.08. The number of rotatable bonds is 6. The average Bonchev–Trinajstić information content (AvgIpc) is 3.24. The molecule has 1 aliphatic carbocycles. The highest BCUT2D eigenvalue weighted by Gasteiger charge is 2.29. The fourth-order valence-corrected chi connectivity index (χ4v) is 3.16. The summed E-state index contributed by atoms with van der Waals surface area (Å²) in [6, 6.07) is 2.40. The van der Waals surface area contributed by atoms with Gasteiger partial charge in [0.25, 0.3) is 0 Å². The number of esters is 1. The van der Waals surface area contributed by atoms with E-state index in [-0.39, 0.29) is 12.4 Å². The van der Waals surface area contributed by atoms with Crippen LogP contribution in [0.4, 0.5) is 0 Å². The first-order chi connectivity index (χ1) is 11.4. The van der Waals surface area contributed by atoms with Gasteiger partial charge in [0.1, 0.15) is 11.3 Å². The number of Topliss-reactive ketones (excluding diaryl/α,β-unsaturated/α-hetero) is 1. The van der Waals surface area contributed by atoms with E-state index in [9.17, 15) is 9.59 Å². The second-order valence-corrected chi connectivity index (χ2v) is 6.30. The largest absolute Gasteiger partial charge is 0.454 e. The Labute approximate surface area is 140 Å². The molecule has 2 heterocycles. The molecule has 0 atom stereocenters. The number of aromatic nitrogens is 2. The number of aryl methyl sites for hydroxylation is 3. The topological polar surface area (TPSA) is 74.3 Å². The van der Waals surface area contributed by atoms with Crippen LogP contribution in [0.3, 0.4) is 0 Å². The number of hydrogen-bond donors (Lipinski definition) is 0. The summed E-state index contributed by atoms with van der Waals surface area (Å²) in [5.74, 6) is -0.332. The van der Waals surface area contributed by atoms with Crippen LogP contribution < -0.4 is 0 Å². The molecule has 6 nitrogen and oxygen atoms in total. The van der Waals surface area contributed by atoms with Crippen molar-refractivity contribution in [3.8, 4) is 0 Å². The molecule has 0 unspecified atom stereocenters. The summed E-state index contributed by atoms with van der Waals surface area (Å²) in [7, 11) is 0. The van der Waals surface area contributed by atoms with Crippen LogP contribution in [0, 0.1) is 20.8 Å². The fraction of sp³-hybridized carbons (Fsp3) is 0.500. The highest BCUT2D eigenvalue weighted by atomic mass is 16.5. The molecule has 6 heteroatoms. The van der Waals surface area contributed by atoms with Gasteiger partial charge in [0, 0.05) is 23.0 Å². The van der Waals surface area contributed by atoms with Crippen molar-refractivity contribution in [2.45, 2.75) is 53.0 Å². The molecule has 0 amide bonds. The van der Waals surface area contributed by atoms with E-state index in [2.05, 4.69) is 9.72 Å². The van der Waals surface area contributed by atoms with E-state index in [1.807, 2.05) is 26.8 Å². The molecule has 128 valence electrons. The third kappa shape index (κ3) is 2.88. The molecule has 0 bridgehead atoms. The normalized spacial score (nSPS) is 14.0. The number of carbonyl (C=O) groups is 2. The van der Waals surface area contributed by atoms with Gasteiger partial charge in [-0.3, -0.25) is 4.79 Å². The van der Waals surface area contributed by atoms with Gasteiger partial charge in [-0.15, -0.1) is 0 Å². The van der Waals surface area contributed by atoms with Gasteiger partial charge in [-0.1, -0.05) is 12.1 Å². The van der Waals surface area contributed by atoms with Crippen molar-refractivity contribution < 1.29 is 18.8 Å². The molecule has 1 saturated carbocycles. The van der Waals surface area contributed by atoms with Crippen molar-refractivity contribution in [1.82, 2.24) is 9.72 Å². The minimum Gasteiger partial charge on any atom is -0.454 e. The molecule has 2 aromatic heterocycles. The minimum absolute atomic E-state index is 0.185. The average molecular weight is 330 g/mol. The molecule has 3 rings (SSSR count). The van der Waals surface area contributed by atoms with E-state index in [1.165, 1.54) is 0 Å². The maximum Gasteiger partial charge on any atom is 0.344 e. The zero-order valence-electron chi connectivity index (χ0n) is 14.5. The Morgan fingerprint density at radius 3 is 2.67 bits per heavy atom. The van der Waals surface area contributed by atoms with Crippen LogP contribution in [0.25, 0.3) is 0 Å². The predicted molar refractivity (Wildman–Crippen MR) is 87.4 cm³/mol. The second-order valence-electron chi connectivity index (χ2n) is 6.30. The summed E-state index contributed by atoms with van der Waals surface area (Å²) in [5, 5.41) is 3.83. The van der Waals surface area contributed by atoms with Crippen LogP contribution in [0.15, 0.2) is 10.6 Å². The van der Waals surface area contributed by atoms with E-state index in [0.717, 1.165) is 24.2 Å². The van der Waals surface area contributed by atoms with Crippen LogP contribution in [0.5, 0.6) is 0 Å². The maximum absolute atomic E-state index is 12.5. The van der Waals surface area contributed by atoms with Crippen LogP contribution in [0.1, 0.15) is 69.4 Å². The van der Waals surface area contributed by atoms with Crippen molar-refractivity contribution in [3.63, 3.8) is 0 Å². The van der Waals surface area contributed by atoms with Crippen LogP contribution in [-0.4, -0.2) is 28.1 Å². The monoisotopic (exact) mass is 330 g/mol. The first kappa shape index (κ1) is 16.5. The van der Waals surface area contributed by atoms with Gasteiger partial charge in [-0.05, 0) is 46.1 Å². The molecule has 1 fully saturated rings. The first-order valence-corrected chi connectivity index (χ1v) is 8.27. The first-order valence-electron chi connectivity index (χ1n) is 8.27. The molecule has 0 aliphatic heterocycles. The Bertz CT molecular complexity index is 796. The Morgan fingerprint density at radius 2 is 2.04 bits per heavy atom. The Morgan fingerprint density at radius 1 is 1.33 bits per heavy atom. The summed E-state index contributed by atoms with van der Waals surface area (Å²) < 4.78 is 12.4. The third-order valence-corrected chi connectivity index (χ3v) is 4.50. The summed E-state index contributed by atoms with van der Waals surface area (Å²) in [4.78, 5) is 24.7. The standard InChI is InChI=1S/C18H22N2O4/c1-5-15-17(12(4)24-19-15)18(22)23-9-16(21)14-8-10(2)20(11(14)3)13-6-7-13/h8,13H,5-7,9H2,1-4H3. The lowest BCUT2D eigenvalue weighted by Crippen LogP contribution is -2.16. The number of ether oxygens (including phenoxy) is 1. The molecule has 2 aromatic rings. The van der Waals surface area contributed by atoms with Gasteiger partial charge in [-0.25, -0.2) is 4.79 Å². The van der Waals surface area contributed by atoms with E-state index < -0.39 is 5.97 Å². The smallest absolute Gasteiger partial charge is 0.344 e. The predicted octanol–water partition coefficient (Wildman–Crippen LogP) is 3.34. The molecular weight excluding hydrogens is 308 g/mol. The molecule has 0 spiro atoms. The van der Waals surface area contributed by atoms with E-state index in [4.69, 9.17) is 9.26 Å². The molecule has 0 N–H and O–H groups in total. The zero-order valence-corrected chi connectivity index (χ0v) is 14.5. The highest BCUT2D eigenvalue weighted by molar-refractivity contribution is 6.00. The maximum atomic E-state index is 12.5. The van der Waals surface area contributed by atoms with Crippen molar-refractivity contribution in [2.75, 3.05) is 6.61 Å². The minimum atomic E-state index is -0.560. The SMILES string of the molecule is CCc1noc(C)c1C(=O)OCC(=O)c1cc(C)n(C2CC2)c1C. The summed E-state index contributed by atoms with van der Waals surface area (Å²) >= 11 is 0. The number of ketones is 1. The van der Waals surface area contributed by atoms with Crippen molar-refractivity contribution in [3.05, 3.63) is 40.0 Å². The Hall–Kier alpha value is -2.37. The molecule has 0 aromatic carbocycles. The summed E-state index contributed by atoms with van der Waals surface area (Å²) in [6.07, 6.45) is 2.88. The van der Waals surface area contributed by atoms with Gasteiger partial charge in [0.05, 0.1) is 5.69 Å². The van der Waals surface area contributed by atoms with Crippen LogP contribution >= 0.6 is 0 Å². The summed E-state index contributed by atoms with van der Waals surface area (Å²) in [6.45, 7) is 7.21. The van der Waals surface area contributed by atoms with Crippen molar-refractivity contribution in [1.29, 1.82) is 0 Å². The van der Waals surface area contributed by atoms with Crippen molar-refractivity contribution in [2.24, 2.45) is 0 Å². The molecule has 24 heavy (non-hydrogen) atoms. The van der Waals surface area contributed by atoms with Crippen LogP contribution in [0.2, 0.25) is 0 Å². The van der Waals surface area contributed by atoms with E-state index in [1.54, 1.807) is 6.92 Å². The molecular formula is C18H22N2O4. The van der Waals surface area contributed by atoms with Gasteiger partial charge in [0.2, 0.25) is 5.78 Å². The van der Waals surface area contributed by atoms with Gasteiger partial charge < -0.3 is 13.8 Å². The van der Waals surface area contributed by atoms with Crippen molar-refractivity contribution >= 4 is 11.8 Å². The van der Waals surface area contributed by atoms with E-state index >= 15 is 0 Å². The Kier molecular flexibility index (Phi) is 4.30. The van der Waals surface area contributed by atoms with Gasteiger partial charge in [0.15, 0.2) is 6.61 Å². The lowest BCUT2D eigenvalue weighted by molar-refractivity contribution is 0.0472. The number of carbonyl (C=O) groups excluding carboxylic acids is 2.